The molecule has 5 rings (SSSR count). The van der Waals surface area contributed by atoms with Crippen molar-refractivity contribution in [2.45, 2.75) is 51.0 Å². The monoisotopic (exact) mass is 341 g/mol. The fraction of sp³-hybridized carbons (Fsp3) is 0.619. The summed E-state index contributed by atoms with van der Waals surface area (Å²) in [5.41, 5.74) is 0.970. The van der Waals surface area contributed by atoms with Crippen LogP contribution in [0.3, 0.4) is 0 Å². The second-order valence-electron chi connectivity index (χ2n) is 8.45. The summed E-state index contributed by atoms with van der Waals surface area (Å²) in [5.74, 6) is 1.38. The van der Waals surface area contributed by atoms with Gasteiger partial charge in [-0.25, -0.2) is 0 Å². The maximum absolute atomic E-state index is 12.6. The van der Waals surface area contributed by atoms with Crippen molar-refractivity contribution >= 4 is 11.9 Å². The fourth-order valence-corrected chi connectivity index (χ4v) is 5.77. The van der Waals surface area contributed by atoms with Crippen LogP contribution in [-0.2, 0) is 16.0 Å². The highest BCUT2D eigenvalue weighted by Gasteiger charge is 2.48. The zero-order chi connectivity index (χ0) is 17.4. The van der Waals surface area contributed by atoms with Gasteiger partial charge >= 0.3 is 5.97 Å². The van der Waals surface area contributed by atoms with Crippen molar-refractivity contribution in [1.29, 1.82) is 0 Å². The van der Waals surface area contributed by atoms with Gasteiger partial charge in [-0.2, -0.15) is 0 Å². The maximum Gasteiger partial charge on any atom is 0.307 e. The summed E-state index contributed by atoms with van der Waals surface area (Å²) in [5, 5.41) is 12.7. The predicted octanol–water partition coefficient (Wildman–Crippen LogP) is 3.26. The van der Waals surface area contributed by atoms with Gasteiger partial charge in [0.15, 0.2) is 0 Å². The highest BCUT2D eigenvalue weighted by atomic mass is 16.4. The smallest absolute Gasteiger partial charge is 0.307 e. The summed E-state index contributed by atoms with van der Waals surface area (Å²) >= 11 is 0. The first kappa shape index (κ1) is 16.6. The number of hydrogen-bond donors (Lipinski definition) is 2. The van der Waals surface area contributed by atoms with Crippen molar-refractivity contribution in [3.05, 3.63) is 35.9 Å². The van der Waals surface area contributed by atoms with Crippen LogP contribution in [0, 0.1) is 29.6 Å². The van der Waals surface area contributed by atoms with Crippen molar-refractivity contribution in [2.75, 3.05) is 0 Å². The molecule has 134 valence electrons. The minimum absolute atomic E-state index is 0.0764. The molecule has 0 aromatic heterocycles. The molecular weight excluding hydrogens is 314 g/mol. The third-order valence-electron chi connectivity index (χ3n) is 6.66. The Kier molecular flexibility index (Phi) is 4.53. The Bertz CT molecular complexity index is 614. The number of amides is 1. The lowest BCUT2D eigenvalue weighted by molar-refractivity contribution is -0.144. The molecule has 1 aromatic carbocycles. The average Bonchev–Trinajstić information content (AvgIpc) is 2.58. The topological polar surface area (TPSA) is 66.4 Å². The van der Waals surface area contributed by atoms with E-state index < -0.39 is 11.9 Å². The van der Waals surface area contributed by atoms with Crippen molar-refractivity contribution in [3.63, 3.8) is 0 Å². The molecule has 0 heterocycles. The molecule has 4 aliphatic carbocycles. The summed E-state index contributed by atoms with van der Waals surface area (Å²) in [6.07, 6.45) is 6.90. The van der Waals surface area contributed by atoms with Crippen molar-refractivity contribution in [1.82, 2.24) is 5.32 Å². The van der Waals surface area contributed by atoms with E-state index >= 15 is 0 Å². The normalized spacial score (nSPS) is 33.8. The molecule has 25 heavy (non-hydrogen) atoms. The Morgan fingerprint density at radius 3 is 2.16 bits per heavy atom. The van der Waals surface area contributed by atoms with E-state index in [4.69, 9.17) is 0 Å². The first-order valence-electron chi connectivity index (χ1n) is 9.64. The number of carbonyl (C=O) groups excluding carboxylic acids is 1. The first-order chi connectivity index (χ1) is 12.1. The first-order valence-corrected chi connectivity index (χ1v) is 9.64. The largest absolute Gasteiger partial charge is 0.481 e. The summed E-state index contributed by atoms with van der Waals surface area (Å²) in [6.45, 7) is 0. The molecule has 4 bridgehead atoms. The molecule has 4 fully saturated rings. The summed E-state index contributed by atoms with van der Waals surface area (Å²) < 4.78 is 0. The van der Waals surface area contributed by atoms with Gasteiger partial charge in [0.25, 0.3) is 0 Å². The van der Waals surface area contributed by atoms with Crippen LogP contribution < -0.4 is 5.32 Å². The standard InChI is InChI=1S/C21H27NO3/c23-19(12-18(21(24)25)7-13-4-2-1-3-5-13)22-20-16-8-14-6-15(10-16)11-17(20)9-14/h1-5,14-18,20H,6-12H2,(H,22,23)(H,24,25). The molecule has 4 heteroatoms. The molecule has 4 saturated carbocycles. The number of rotatable bonds is 6. The minimum atomic E-state index is -0.885. The van der Waals surface area contributed by atoms with Crippen LogP contribution in [0.5, 0.6) is 0 Å². The molecule has 0 saturated heterocycles. The molecular formula is C21H27NO3. The van der Waals surface area contributed by atoms with Gasteiger partial charge in [-0.3, -0.25) is 9.59 Å². The van der Waals surface area contributed by atoms with Crippen LogP contribution in [0.1, 0.15) is 44.1 Å². The van der Waals surface area contributed by atoms with E-state index in [9.17, 15) is 14.7 Å². The van der Waals surface area contributed by atoms with Crippen LogP contribution in [0.2, 0.25) is 0 Å². The number of carbonyl (C=O) groups is 2. The molecule has 1 atom stereocenters. The zero-order valence-electron chi connectivity index (χ0n) is 14.6. The summed E-state index contributed by atoms with van der Waals surface area (Å²) in [6, 6.07) is 9.85. The number of hydrogen-bond acceptors (Lipinski definition) is 2. The van der Waals surface area contributed by atoms with Crippen molar-refractivity contribution < 1.29 is 14.7 Å². The predicted molar refractivity (Wildman–Crippen MR) is 94.9 cm³/mol. The fourth-order valence-electron chi connectivity index (χ4n) is 5.77. The maximum atomic E-state index is 12.6. The Morgan fingerprint density at radius 2 is 1.60 bits per heavy atom. The number of nitrogens with one attached hydrogen (secondary N) is 1. The number of carboxylic acid groups (broad SMARTS) is 1. The van der Waals surface area contributed by atoms with Crippen LogP contribution in [0.15, 0.2) is 30.3 Å². The Labute approximate surface area is 149 Å². The van der Waals surface area contributed by atoms with Crippen molar-refractivity contribution in [3.8, 4) is 0 Å². The summed E-state index contributed by atoms with van der Waals surface area (Å²) in [7, 11) is 0. The molecule has 4 nitrogen and oxygen atoms in total. The third kappa shape index (κ3) is 3.58. The van der Waals surface area contributed by atoms with E-state index in [1.54, 1.807) is 0 Å². The zero-order valence-corrected chi connectivity index (χ0v) is 14.6. The van der Waals surface area contributed by atoms with E-state index in [2.05, 4.69) is 5.32 Å². The van der Waals surface area contributed by atoms with Crippen LogP contribution in [0.25, 0.3) is 0 Å². The van der Waals surface area contributed by atoms with Gasteiger partial charge in [-0.05, 0) is 67.8 Å². The Balaban J connectivity index is 1.36. The van der Waals surface area contributed by atoms with Gasteiger partial charge in [0.1, 0.15) is 0 Å². The summed E-state index contributed by atoms with van der Waals surface area (Å²) in [4.78, 5) is 24.2. The number of aliphatic carboxylic acids is 1. The second kappa shape index (κ2) is 6.81. The molecule has 0 aliphatic heterocycles. The minimum Gasteiger partial charge on any atom is -0.481 e. The lowest BCUT2D eigenvalue weighted by atomic mass is 9.54. The van der Waals surface area contributed by atoms with Crippen LogP contribution in [0.4, 0.5) is 0 Å². The lowest BCUT2D eigenvalue weighted by Gasteiger charge is -2.54. The van der Waals surface area contributed by atoms with E-state index in [-0.39, 0.29) is 18.4 Å². The highest BCUT2D eigenvalue weighted by Crippen LogP contribution is 2.53. The van der Waals surface area contributed by atoms with E-state index in [1.165, 1.54) is 32.1 Å². The van der Waals surface area contributed by atoms with Crippen LogP contribution in [-0.4, -0.2) is 23.0 Å². The molecule has 4 aliphatic rings. The SMILES string of the molecule is O=C(CC(Cc1ccccc1)C(=O)O)NC1C2CC3CC(C2)CC1C3. The van der Waals surface area contributed by atoms with E-state index in [1.807, 2.05) is 30.3 Å². The van der Waals surface area contributed by atoms with E-state index in [0.717, 1.165) is 17.4 Å². The average molecular weight is 341 g/mol. The second-order valence-corrected chi connectivity index (χ2v) is 8.45. The van der Waals surface area contributed by atoms with Gasteiger partial charge < -0.3 is 10.4 Å². The van der Waals surface area contributed by atoms with Crippen LogP contribution >= 0.6 is 0 Å². The van der Waals surface area contributed by atoms with E-state index in [0.29, 0.717) is 18.3 Å². The highest BCUT2D eigenvalue weighted by molar-refractivity contribution is 5.82. The third-order valence-corrected chi connectivity index (χ3v) is 6.66. The molecule has 1 amide bonds. The van der Waals surface area contributed by atoms with Gasteiger partial charge in [-0.15, -0.1) is 0 Å². The van der Waals surface area contributed by atoms with Gasteiger partial charge in [0.2, 0.25) is 5.91 Å². The Hall–Kier alpha value is -1.84. The van der Waals surface area contributed by atoms with Gasteiger partial charge in [-0.1, -0.05) is 30.3 Å². The molecule has 0 spiro atoms. The number of benzene rings is 1. The molecule has 1 unspecified atom stereocenters. The molecule has 2 N–H and O–H groups in total. The van der Waals surface area contributed by atoms with Gasteiger partial charge in [0, 0.05) is 12.5 Å². The van der Waals surface area contributed by atoms with Crippen molar-refractivity contribution in [2.24, 2.45) is 29.6 Å². The molecule has 0 radical (unpaired) electrons. The lowest BCUT2D eigenvalue weighted by Crippen LogP contribution is -2.56. The quantitative estimate of drug-likeness (QED) is 0.834. The van der Waals surface area contributed by atoms with Gasteiger partial charge in [0.05, 0.1) is 5.92 Å². The Morgan fingerprint density at radius 1 is 1.00 bits per heavy atom. The number of carboxylic acids is 1. The molecule has 1 aromatic rings.